The molecule has 0 atom stereocenters. The molecule has 0 saturated heterocycles. The van der Waals surface area contributed by atoms with Gasteiger partial charge in [-0.25, -0.2) is 4.68 Å². The van der Waals surface area contributed by atoms with Crippen molar-refractivity contribution in [3.8, 4) is 0 Å². The van der Waals surface area contributed by atoms with Crippen LogP contribution in [0, 0.1) is 0 Å². The van der Waals surface area contributed by atoms with Crippen LogP contribution in [0.5, 0.6) is 0 Å². The van der Waals surface area contributed by atoms with Gasteiger partial charge in [0.1, 0.15) is 0 Å². The number of nitrogens with zero attached hydrogens (tertiary/aromatic N) is 3. The van der Waals surface area contributed by atoms with E-state index in [0.29, 0.717) is 25.8 Å². The van der Waals surface area contributed by atoms with E-state index < -0.39 is 5.60 Å². The molecule has 1 aromatic rings. The van der Waals surface area contributed by atoms with E-state index in [0.717, 1.165) is 12.1 Å². The molecule has 5 heteroatoms. The number of aliphatic hydroxyl groups is 2. The first-order valence-corrected chi connectivity index (χ1v) is 5.85. The smallest absolute Gasteiger partial charge is 0.0838 e. The summed E-state index contributed by atoms with van der Waals surface area (Å²) in [6, 6.07) is 0. The molecule has 0 aliphatic rings. The minimum Gasteiger partial charge on any atom is -0.396 e. The maximum absolute atomic E-state index is 10.1. The molecule has 0 aromatic carbocycles. The minimum absolute atomic E-state index is 0.167. The fraction of sp³-hybridized carbons (Fsp3) is 0.818. The molecule has 92 valence electrons. The number of aryl methyl sites for hydroxylation is 1. The van der Waals surface area contributed by atoms with Crippen molar-refractivity contribution in [2.45, 2.75) is 51.7 Å². The van der Waals surface area contributed by atoms with E-state index in [-0.39, 0.29) is 6.61 Å². The van der Waals surface area contributed by atoms with Crippen LogP contribution in [0.15, 0.2) is 6.20 Å². The number of hydrogen-bond acceptors (Lipinski definition) is 4. The summed E-state index contributed by atoms with van der Waals surface area (Å²) in [6.45, 7) is 4.58. The first-order valence-electron chi connectivity index (χ1n) is 5.85. The van der Waals surface area contributed by atoms with Gasteiger partial charge in [0.25, 0.3) is 0 Å². The highest BCUT2D eigenvalue weighted by atomic mass is 16.3. The van der Waals surface area contributed by atoms with Gasteiger partial charge in [0.05, 0.1) is 17.8 Å². The summed E-state index contributed by atoms with van der Waals surface area (Å²) in [7, 11) is 0. The zero-order valence-corrected chi connectivity index (χ0v) is 10.1. The fourth-order valence-electron chi connectivity index (χ4n) is 1.57. The lowest BCUT2D eigenvalue weighted by molar-refractivity contribution is 0.0114. The van der Waals surface area contributed by atoms with Crippen molar-refractivity contribution < 1.29 is 10.2 Å². The Hall–Kier alpha value is -0.940. The third kappa shape index (κ3) is 3.57. The van der Waals surface area contributed by atoms with Crippen LogP contribution >= 0.6 is 0 Å². The quantitative estimate of drug-likeness (QED) is 0.721. The maximum atomic E-state index is 10.1. The van der Waals surface area contributed by atoms with Crippen LogP contribution in [-0.2, 0) is 13.0 Å². The van der Waals surface area contributed by atoms with Crippen molar-refractivity contribution in [2.24, 2.45) is 0 Å². The van der Waals surface area contributed by atoms with Gasteiger partial charge in [-0.15, -0.1) is 5.10 Å². The molecule has 0 unspecified atom stereocenters. The van der Waals surface area contributed by atoms with E-state index in [4.69, 9.17) is 5.11 Å². The molecule has 1 aromatic heterocycles. The van der Waals surface area contributed by atoms with Crippen molar-refractivity contribution in [1.29, 1.82) is 0 Å². The summed E-state index contributed by atoms with van der Waals surface area (Å²) in [5.74, 6) is 0. The monoisotopic (exact) mass is 227 g/mol. The van der Waals surface area contributed by atoms with Crippen molar-refractivity contribution in [3.05, 3.63) is 11.9 Å². The van der Waals surface area contributed by atoms with Crippen LogP contribution in [0.3, 0.4) is 0 Å². The zero-order valence-electron chi connectivity index (χ0n) is 10.1. The van der Waals surface area contributed by atoms with E-state index in [9.17, 15) is 5.11 Å². The molecule has 0 radical (unpaired) electrons. The molecule has 0 aliphatic heterocycles. The van der Waals surface area contributed by atoms with E-state index >= 15 is 0 Å². The third-order valence-electron chi connectivity index (χ3n) is 2.95. The van der Waals surface area contributed by atoms with Gasteiger partial charge >= 0.3 is 0 Å². The van der Waals surface area contributed by atoms with Crippen molar-refractivity contribution in [2.75, 3.05) is 6.61 Å². The number of hydrogen-bond donors (Lipinski definition) is 2. The van der Waals surface area contributed by atoms with E-state index in [2.05, 4.69) is 10.3 Å². The van der Waals surface area contributed by atoms with Crippen LogP contribution < -0.4 is 0 Å². The normalized spacial score (nSPS) is 12.0. The highest BCUT2D eigenvalue weighted by Gasteiger charge is 2.23. The Morgan fingerprint density at radius 3 is 2.62 bits per heavy atom. The molecule has 1 heterocycles. The Morgan fingerprint density at radius 2 is 2.06 bits per heavy atom. The molecule has 0 amide bonds. The second-order valence-electron chi connectivity index (χ2n) is 4.17. The molecule has 1 rings (SSSR count). The summed E-state index contributed by atoms with van der Waals surface area (Å²) in [4.78, 5) is 0. The summed E-state index contributed by atoms with van der Waals surface area (Å²) >= 11 is 0. The Morgan fingerprint density at radius 1 is 1.38 bits per heavy atom. The van der Waals surface area contributed by atoms with Crippen LogP contribution in [0.4, 0.5) is 0 Å². The Bertz CT molecular complexity index is 308. The Balaban J connectivity index is 2.57. The summed E-state index contributed by atoms with van der Waals surface area (Å²) < 4.78 is 1.68. The van der Waals surface area contributed by atoms with Gasteiger partial charge in [0.15, 0.2) is 0 Å². The van der Waals surface area contributed by atoms with Gasteiger partial charge in [0.2, 0.25) is 0 Å². The van der Waals surface area contributed by atoms with Gasteiger partial charge in [-0.1, -0.05) is 19.1 Å². The number of aromatic nitrogens is 3. The predicted molar refractivity (Wildman–Crippen MR) is 61.0 cm³/mol. The second-order valence-corrected chi connectivity index (χ2v) is 4.17. The third-order valence-corrected chi connectivity index (χ3v) is 2.95. The Labute approximate surface area is 96.1 Å². The van der Waals surface area contributed by atoms with Crippen LogP contribution in [0.25, 0.3) is 0 Å². The summed E-state index contributed by atoms with van der Waals surface area (Å²) in [6.07, 6.45) is 4.67. The Kier molecular flexibility index (Phi) is 4.89. The fourth-order valence-corrected chi connectivity index (χ4v) is 1.57. The SMILES string of the molecule is CCC(O)(CC)Cn1cc(CCCO)nn1. The highest BCUT2D eigenvalue weighted by molar-refractivity contribution is 4.93. The molecule has 0 fully saturated rings. The van der Waals surface area contributed by atoms with Gasteiger partial charge < -0.3 is 10.2 Å². The minimum atomic E-state index is -0.693. The summed E-state index contributed by atoms with van der Waals surface area (Å²) in [5.41, 5.74) is 0.172. The van der Waals surface area contributed by atoms with Gasteiger partial charge in [0, 0.05) is 12.8 Å². The van der Waals surface area contributed by atoms with Gasteiger partial charge in [-0.2, -0.15) is 0 Å². The lowest BCUT2D eigenvalue weighted by atomic mass is 9.98. The van der Waals surface area contributed by atoms with E-state index in [1.165, 1.54) is 0 Å². The number of rotatable bonds is 7. The largest absolute Gasteiger partial charge is 0.396 e. The molecule has 5 nitrogen and oxygen atoms in total. The summed E-state index contributed by atoms with van der Waals surface area (Å²) in [5, 5.41) is 26.8. The molecular formula is C11H21N3O2. The lowest BCUT2D eigenvalue weighted by Gasteiger charge is -2.24. The average molecular weight is 227 g/mol. The zero-order chi connectivity index (χ0) is 12.0. The molecule has 2 N–H and O–H groups in total. The van der Waals surface area contributed by atoms with Crippen LogP contribution in [0.1, 0.15) is 38.8 Å². The second kappa shape index (κ2) is 5.96. The molecule has 0 bridgehead atoms. The topological polar surface area (TPSA) is 71.2 Å². The molecule has 0 saturated carbocycles. The predicted octanol–water partition coefficient (Wildman–Crippen LogP) is 0.754. The first-order chi connectivity index (χ1) is 7.63. The van der Waals surface area contributed by atoms with Gasteiger partial charge in [-0.05, 0) is 25.7 Å². The van der Waals surface area contributed by atoms with E-state index in [1.54, 1.807) is 4.68 Å². The highest BCUT2D eigenvalue weighted by Crippen LogP contribution is 2.16. The van der Waals surface area contributed by atoms with E-state index in [1.807, 2.05) is 20.0 Å². The molecule has 0 spiro atoms. The van der Waals surface area contributed by atoms with Crippen molar-refractivity contribution in [1.82, 2.24) is 15.0 Å². The maximum Gasteiger partial charge on any atom is 0.0838 e. The van der Waals surface area contributed by atoms with Crippen molar-refractivity contribution >= 4 is 0 Å². The first kappa shape index (κ1) is 13.1. The van der Waals surface area contributed by atoms with Crippen LogP contribution in [-0.4, -0.2) is 37.4 Å². The lowest BCUT2D eigenvalue weighted by Crippen LogP contribution is -2.32. The molecular weight excluding hydrogens is 206 g/mol. The van der Waals surface area contributed by atoms with Crippen LogP contribution in [0.2, 0.25) is 0 Å². The number of aliphatic hydroxyl groups excluding tert-OH is 1. The van der Waals surface area contributed by atoms with Crippen molar-refractivity contribution in [3.63, 3.8) is 0 Å². The van der Waals surface area contributed by atoms with Gasteiger partial charge in [-0.3, -0.25) is 0 Å². The standard InChI is InChI=1S/C11H21N3O2/c1-3-11(16,4-2)9-14-8-10(12-13-14)6-5-7-15/h8,15-16H,3-7,9H2,1-2H3. The average Bonchev–Trinajstić information content (AvgIpc) is 2.73. The molecule has 0 aliphatic carbocycles. The molecule has 16 heavy (non-hydrogen) atoms.